The summed E-state index contributed by atoms with van der Waals surface area (Å²) >= 11 is 0. The second kappa shape index (κ2) is 5.97. The molecule has 1 unspecified atom stereocenters. The Balaban J connectivity index is 2.21. The van der Waals surface area contributed by atoms with Crippen molar-refractivity contribution in [2.45, 2.75) is 51.6 Å². The Kier molecular flexibility index (Phi) is 4.46. The van der Waals surface area contributed by atoms with E-state index >= 15 is 0 Å². The number of aliphatic hydroxyl groups is 1. The number of aromatic nitrogens is 2. The molecule has 0 aliphatic carbocycles. The Hall–Kier alpha value is -1.69. The van der Waals surface area contributed by atoms with E-state index in [9.17, 15) is 9.90 Å². The molecule has 1 fully saturated rings. The van der Waals surface area contributed by atoms with Crippen LogP contribution in [0, 0.1) is 0 Å². The Bertz CT molecular complexity index is 528. The zero-order chi connectivity index (χ0) is 15.6. The highest BCUT2D eigenvalue weighted by molar-refractivity contribution is 5.97. The number of rotatable bonds is 2. The number of nitrogens with two attached hydrogens (primary N) is 1. The first-order chi connectivity index (χ1) is 9.80. The van der Waals surface area contributed by atoms with Gasteiger partial charge in [0.05, 0.1) is 17.5 Å². The number of carbonyl (C=O) groups excluding carboxylic acids is 1. The quantitative estimate of drug-likeness (QED) is 0.863. The van der Waals surface area contributed by atoms with Crippen LogP contribution in [0.4, 0.5) is 5.69 Å². The van der Waals surface area contributed by atoms with Gasteiger partial charge in [0.2, 0.25) is 0 Å². The van der Waals surface area contributed by atoms with E-state index in [2.05, 4.69) is 9.97 Å². The van der Waals surface area contributed by atoms with Crippen LogP contribution >= 0.6 is 0 Å². The second-order valence-corrected chi connectivity index (χ2v) is 6.33. The Morgan fingerprint density at radius 3 is 2.81 bits per heavy atom. The van der Waals surface area contributed by atoms with Crippen molar-refractivity contribution >= 4 is 11.6 Å². The van der Waals surface area contributed by atoms with Gasteiger partial charge in [0, 0.05) is 19.0 Å². The molecule has 0 bridgehead atoms. The first-order valence-corrected chi connectivity index (χ1v) is 7.44. The van der Waals surface area contributed by atoms with Gasteiger partial charge in [-0.2, -0.15) is 0 Å². The molecule has 6 nitrogen and oxygen atoms in total. The summed E-state index contributed by atoms with van der Waals surface area (Å²) in [6.45, 7) is 6.91. The van der Waals surface area contributed by atoms with Gasteiger partial charge in [-0.25, -0.2) is 9.97 Å². The highest BCUT2D eigenvalue weighted by Crippen LogP contribution is 2.23. The second-order valence-electron chi connectivity index (χ2n) is 6.33. The van der Waals surface area contributed by atoms with Crippen LogP contribution in [0.3, 0.4) is 0 Å². The highest BCUT2D eigenvalue weighted by Gasteiger charge is 2.29. The van der Waals surface area contributed by atoms with Crippen molar-refractivity contribution in [3.8, 4) is 0 Å². The average molecular weight is 292 g/mol. The molecule has 0 spiro atoms. The van der Waals surface area contributed by atoms with Gasteiger partial charge >= 0.3 is 0 Å². The SMILES string of the molecule is CC(C)c1ncc(N)c(C(=O)N2CCCC(C)(O)CC2)n1. The number of hydrogen-bond donors (Lipinski definition) is 2. The number of amides is 1. The summed E-state index contributed by atoms with van der Waals surface area (Å²) in [7, 11) is 0. The minimum Gasteiger partial charge on any atom is -0.396 e. The summed E-state index contributed by atoms with van der Waals surface area (Å²) in [6.07, 6.45) is 3.55. The van der Waals surface area contributed by atoms with Gasteiger partial charge in [-0.05, 0) is 26.2 Å². The molecular weight excluding hydrogens is 268 g/mol. The van der Waals surface area contributed by atoms with E-state index in [1.165, 1.54) is 6.20 Å². The van der Waals surface area contributed by atoms with Crippen molar-refractivity contribution in [1.29, 1.82) is 0 Å². The highest BCUT2D eigenvalue weighted by atomic mass is 16.3. The summed E-state index contributed by atoms with van der Waals surface area (Å²) < 4.78 is 0. The largest absolute Gasteiger partial charge is 0.396 e. The van der Waals surface area contributed by atoms with Crippen molar-refractivity contribution < 1.29 is 9.90 Å². The molecule has 1 aliphatic rings. The summed E-state index contributed by atoms with van der Waals surface area (Å²) in [4.78, 5) is 22.8. The van der Waals surface area contributed by atoms with Crippen LogP contribution in [-0.4, -0.2) is 44.6 Å². The van der Waals surface area contributed by atoms with Crippen molar-refractivity contribution in [2.24, 2.45) is 0 Å². The Morgan fingerprint density at radius 2 is 2.14 bits per heavy atom. The molecule has 1 aromatic heterocycles. The van der Waals surface area contributed by atoms with Crippen LogP contribution in [-0.2, 0) is 0 Å². The predicted octanol–water partition coefficient (Wildman–Crippen LogP) is 1.56. The number of carbonyl (C=O) groups is 1. The van der Waals surface area contributed by atoms with Gasteiger partial charge in [-0.3, -0.25) is 4.79 Å². The number of nitrogens with zero attached hydrogens (tertiary/aromatic N) is 3. The normalized spacial score (nSPS) is 23.2. The summed E-state index contributed by atoms with van der Waals surface area (Å²) in [5.41, 5.74) is 5.75. The Morgan fingerprint density at radius 1 is 1.43 bits per heavy atom. The first-order valence-electron chi connectivity index (χ1n) is 7.44. The van der Waals surface area contributed by atoms with Gasteiger partial charge in [0.15, 0.2) is 5.69 Å². The van der Waals surface area contributed by atoms with Crippen molar-refractivity contribution in [2.75, 3.05) is 18.8 Å². The Labute approximate surface area is 125 Å². The molecule has 1 saturated heterocycles. The molecule has 116 valence electrons. The molecule has 3 N–H and O–H groups in total. The fourth-order valence-corrected chi connectivity index (χ4v) is 2.47. The van der Waals surface area contributed by atoms with E-state index in [-0.39, 0.29) is 17.5 Å². The number of anilines is 1. The molecular formula is C15H24N4O2. The topological polar surface area (TPSA) is 92.3 Å². The zero-order valence-electron chi connectivity index (χ0n) is 13.0. The molecule has 0 aromatic carbocycles. The first kappa shape index (κ1) is 15.7. The standard InChI is InChI=1S/C15H24N4O2/c1-10(2)13-17-9-11(16)12(18-13)14(20)19-7-4-5-15(3,21)6-8-19/h9-10,21H,4-8,16H2,1-3H3. The van der Waals surface area contributed by atoms with Crippen LogP contribution in [0.5, 0.6) is 0 Å². The third-order valence-electron chi connectivity index (χ3n) is 3.91. The number of nitrogen functional groups attached to an aromatic ring is 1. The lowest BCUT2D eigenvalue weighted by Crippen LogP contribution is -2.34. The minimum absolute atomic E-state index is 0.141. The fourth-order valence-electron chi connectivity index (χ4n) is 2.47. The van der Waals surface area contributed by atoms with Gasteiger partial charge in [-0.1, -0.05) is 13.8 Å². The molecule has 2 heterocycles. The van der Waals surface area contributed by atoms with E-state index in [1.807, 2.05) is 20.8 Å². The lowest BCUT2D eigenvalue weighted by Gasteiger charge is -2.23. The molecule has 0 saturated carbocycles. The summed E-state index contributed by atoms with van der Waals surface area (Å²) in [6, 6.07) is 0. The lowest BCUT2D eigenvalue weighted by molar-refractivity contribution is 0.0437. The number of hydrogen-bond acceptors (Lipinski definition) is 5. The monoisotopic (exact) mass is 292 g/mol. The third-order valence-corrected chi connectivity index (χ3v) is 3.91. The van der Waals surface area contributed by atoms with E-state index in [0.29, 0.717) is 37.4 Å². The van der Waals surface area contributed by atoms with E-state index in [4.69, 9.17) is 5.73 Å². The van der Waals surface area contributed by atoms with Crippen LogP contribution in [0.25, 0.3) is 0 Å². The maximum atomic E-state index is 12.6. The van der Waals surface area contributed by atoms with E-state index in [0.717, 1.165) is 6.42 Å². The van der Waals surface area contributed by atoms with E-state index in [1.54, 1.807) is 4.90 Å². The molecule has 1 atom stereocenters. The van der Waals surface area contributed by atoms with Gasteiger partial charge in [0.1, 0.15) is 5.82 Å². The molecule has 1 amide bonds. The van der Waals surface area contributed by atoms with Gasteiger partial charge < -0.3 is 15.7 Å². The molecule has 2 rings (SSSR count). The van der Waals surface area contributed by atoms with E-state index < -0.39 is 5.60 Å². The summed E-state index contributed by atoms with van der Waals surface area (Å²) in [5.74, 6) is 0.589. The maximum absolute atomic E-state index is 12.6. The average Bonchev–Trinajstić information content (AvgIpc) is 2.59. The minimum atomic E-state index is -0.699. The van der Waals surface area contributed by atoms with Crippen LogP contribution < -0.4 is 5.73 Å². The van der Waals surface area contributed by atoms with Crippen LogP contribution in [0.2, 0.25) is 0 Å². The van der Waals surface area contributed by atoms with Gasteiger partial charge in [-0.15, -0.1) is 0 Å². The maximum Gasteiger partial charge on any atom is 0.274 e. The summed E-state index contributed by atoms with van der Waals surface area (Å²) in [5, 5.41) is 10.1. The van der Waals surface area contributed by atoms with Crippen molar-refractivity contribution in [3.63, 3.8) is 0 Å². The van der Waals surface area contributed by atoms with Crippen molar-refractivity contribution in [3.05, 3.63) is 17.7 Å². The molecule has 6 heteroatoms. The number of likely N-dealkylation sites (tertiary alicyclic amines) is 1. The fraction of sp³-hybridized carbons (Fsp3) is 0.667. The van der Waals surface area contributed by atoms with Crippen molar-refractivity contribution in [1.82, 2.24) is 14.9 Å². The van der Waals surface area contributed by atoms with Crippen LogP contribution in [0.15, 0.2) is 6.20 Å². The molecule has 21 heavy (non-hydrogen) atoms. The van der Waals surface area contributed by atoms with Gasteiger partial charge in [0.25, 0.3) is 5.91 Å². The van der Waals surface area contributed by atoms with Crippen LogP contribution in [0.1, 0.15) is 62.3 Å². The molecule has 1 aliphatic heterocycles. The predicted molar refractivity (Wildman–Crippen MR) is 80.9 cm³/mol. The molecule has 0 radical (unpaired) electrons. The lowest BCUT2D eigenvalue weighted by atomic mass is 9.98. The zero-order valence-corrected chi connectivity index (χ0v) is 13.0. The smallest absolute Gasteiger partial charge is 0.274 e. The molecule has 1 aromatic rings. The third kappa shape index (κ3) is 3.69.